The van der Waals surface area contributed by atoms with Gasteiger partial charge in [-0.3, -0.25) is 9.69 Å². The Kier molecular flexibility index (Phi) is 6.54. The Morgan fingerprint density at radius 2 is 2.20 bits per heavy atom. The van der Waals surface area contributed by atoms with Gasteiger partial charge in [-0.15, -0.1) is 0 Å². The minimum atomic E-state index is -0.337. The van der Waals surface area contributed by atoms with Crippen molar-refractivity contribution in [3.63, 3.8) is 0 Å². The molecule has 0 unspecified atom stereocenters. The summed E-state index contributed by atoms with van der Waals surface area (Å²) in [6.07, 6.45) is 0.898. The van der Waals surface area contributed by atoms with E-state index in [0.717, 1.165) is 13.0 Å². The third kappa shape index (κ3) is 4.86. The molecule has 4 nitrogen and oxygen atoms in total. The number of nitrogens with one attached hydrogen (secondary N) is 1. The lowest BCUT2D eigenvalue weighted by Crippen LogP contribution is -2.36. The highest BCUT2D eigenvalue weighted by molar-refractivity contribution is 7.80. The number of halogens is 1. The van der Waals surface area contributed by atoms with Crippen molar-refractivity contribution in [2.24, 2.45) is 5.73 Å². The molecule has 0 fully saturated rings. The van der Waals surface area contributed by atoms with Crippen molar-refractivity contribution in [3.05, 3.63) is 35.1 Å². The van der Waals surface area contributed by atoms with Crippen LogP contribution in [0, 0.1) is 5.82 Å². The van der Waals surface area contributed by atoms with Crippen molar-refractivity contribution < 1.29 is 9.18 Å². The van der Waals surface area contributed by atoms with Gasteiger partial charge in [0.15, 0.2) is 0 Å². The lowest BCUT2D eigenvalue weighted by Gasteiger charge is -2.22. The molecular weight excluding hydrogens is 277 g/mol. The molecule has 1 amide bonds. The summed E-state index contributed by atoms with van der Waals surface area (Å²) in [6, 6.07) is 4.33. The van der Waals surface area contributed by atoms with Crippen LogP contribution >= 0.6 is 12.2 Å². The van der Waals surface area contributed by atoms with Crippen LogP contribution < -0.4 is 11.1 Å². The SMILES string of the molecule is CCCN(CC(=O)NC)Cc1cc(F)ccc1C(N)=S. The zero-order valence-electron chi connectivity index (χ0n) is 11.8. The number of nitrogens with zero attached hydrogens (tertiary/aromatic N) is 1. The largest absolute Gasteiger partial charge is 0.389 e. The van der Waals surface area contributed by atoms with E-state index < -0.39 is 0 Å². The molecule has 0 bridgehead atoms. The molecule has 0 aliphatic heterocycles. The summed E-state index contributed by atoms with van der Waals surface area (Å²) >= 11 is 4.98. The maximum Gasteiger partial charge on any atom is 0.233 e. The van der Waals surface area contributed by atoms with E-state index in [2.05, 4.69) is 5.32 Å². The van der Waals surface area contributed by atoms with Gasteiger partial charge in [-0.2, -0.15) is 0 Å². The zero-order chi connectivity index (χ0) is 15.1. The summed E-state index contributed by atoms with van der Waals surface area (Å²) in [7, 11) is 1.59. The number of hydrogen-bond acceptors (Lipinski definition) is 3. The van der Waals surface area contributed by atoms with E-state index in [1.165, 1.54) is 12.1 Å². The molecule has 0 aliphatic carbocycles. The molecule has 0 atom stereocenters. The molecule has 110 valence electrons. The Labute approximate surface area is 124 Å². The predicted octanol–water partition coefficient (Wildman–Crippen LogP) is 1.42. The lowest BCUT2D eigenvalue weighted by atomic mass is 10.1. The second kappa shape index (κ2) is 7.91. The van der Waals surface area contributed by atoms with Crippen LogP contribution in [0.2, 0.25) is 0 Å². The number of nitrogens with two attached hydrogens (primary N) is 1. The minimum Gasteiger partial charge on any atom is -0.389 e. The van der Waals surface area contributed by atoms with Crippen LogP contribution in [-0.4, -0.2) is 35.9 Å². The second-order valence-corrected chi connectivity index (χ2v) is 4.99. The molecule has 0 heterocycles. The van der Waals surface area contributed by atoms with Crippen molar-refractivity contribution in [3.8, 4) is 0 Å². The van der Waals surface area contributed by atoms with Gasteiger partial charge in [0.05, 0.1) is 6.54 Å². The molecule has 20 heavy (non-hydrogen) atoms. The van der Waals surface area contributed by atoms with Crippen molar-refractivity contribution >= 4 is 23.1 Å². The van der Waals surface area contributed by atoms with Gasteiger partial charge in [0.25, 0.3) is 0 Å². The summed E-state index contributed by atoms with van der Waals surface area (Å²) in [6.45, 7) is 3.46. The fourth-order valence-corrected chi connectivity index (χ4v) is 2.19. The van der Waals surface area contributed by atoms with Crippen molar-refractivity contribution in [2.45, 2.75) is 19.9 Å². The second-order valence-electron chi connectivity index (χ2n) is 4.55. The van der Waals surface area contributed by atoms with Gasteiger partial charge in [-0.1, -0.05) is 19.1 Å². The normalized spacial score (nSPS) is 10.6. The standard InChI is InChI=1S/C14H20FN3OS/c1-3-6-18(9-13(19)17-2)8-10-7-11(15)4-5-12(10)14(16)20/h4-5,7H,3,6,8-9H2,1-2H3,(H2,16,20)(H,17,19). The number of rotatable bonds is 7. The van der Waals surface area contributed by atoms with Gasteiger partial charge in [0, 0.05) is 19.2 Å². The molecule has 6 heteroatoms. The minimum absolute atomic E-state index is 0.0771. The van der Waals surface area contributed by atoms with Crippen molar-refractivity contribution in [1.29, 1.82) is 0 Å². The first-order chi connectivity index (χ1) is 9.47. The van der Waals surface area contributed by atoms with Gasteiger partial charge in [0.2, 0.25) is 5.91 Å². The fourth-order valence-electron chi connectivity index (χ4n) is 1.99. The average molecular weight is 297 g/mol. The molecule has 0 saturated heterocycles. The third-order valence-electron chi connectivity index (χ3n) is 2.91. The van der Waals surface area contributed by atoms with Gasteiger partial charge in [0.1, 0.15) is 10.8 Å². The van der Waals surface area contributed by atoms with Crippen molar-refractivity contribution in [1.82, 2.24) is 10.2 Å². The van der Waals surface area contributed by atoms with Crippen LogP contribution in [0.3, 0.4) is 0 Å². The number of amides is 1. The van der Waals surface area contributed by atoms with Crippen LogP contribution in [-0.2, 0) is 11.3 Å². The van der Waals surface area contributed by atoms with Gasteiger partial charge in [-0.25, -0.2) is 4.39 Å². The lowest BCUT2D eigenvalue weighted by molar-refractivity contribution is -0.121. The molecule has 0 spiro atoms. The Bertz CT molecular complexity index is 493. The Morgan fingerprint density at radius 1 is 1.50 bits per heavy atom. The number of likely N-dealkylation sites (N-methyl/N-ethyl adjacent to an activating group) is 1. The fraction of sp³-hybridized carbons (Fsp3) is 0.429. The van der Waals surface area contributed by atoms with E-state index >= 15 is 0 Å². The number of carbonyl (C=O) groups is 1. The molecule has 0 radical (unpaired) electrons. The van der Waals surface area contributed by atoms with E-state index in [-0.39, 0.29) is 23.3 Å². The summed E-state index contributed by atoms with van der Waals surface area (Å²) < 4.78 is 13.4. The summed E-state index contributed by atoms with van der Waals surface area (Å²) in [4.78, 5) is 13.7. The Balaban J connectivity index is 2.94. The molecular formula is C14H20FN3OS. The van der Waals surface area contributed by atoms with E-state index in [4.69, 9.17) is 18.0 Å². The van der Waals surface area contributed by atoms with Crippen LogP contribution in [0.1, 0.15) is 24.5 Å². The van der Waals surface area contributed by atoms with E-state index in [1.807, 2.05) is 11.8 Å². The van der Waals surface area contributed by atoms with Gasteiger partial charge < -0.3 is 11.1 Å². The average Bonchev–Trinajstić information content (AvgIpc) is 2.38. The number of thiocarbonyl (C=S) groups is 1. The van der Waals surface area contributed by atoms with E-state index in [0.29, 0.717) is 17.7 Å². The van der Waals surface area contributed by atoms with Crippen LogP contribution in [0.5, 0.6) is 0 Å². The van der Waals surface area contributed by atoms with Crippen molar-refractivity contribution in [2.75, 3.05) is 20.1 Å². The first-order valence-corrected chi connectivity index (χ1v) is 6.90. The van der Waals surface area contributed by atoms with E-state index in [1.54, 1.807) is 13.1 Å². The summed E-state index contributed by atoms with van der Waals surface area (Å²) in [5, 5.41) is 2.58. The van der Waals surface area contributed by atoms with Crippen LogP contribution in [0.25, 0.3) is 0 Å². The molecule has 0 aliphatic rings. The smallest absolute Gasteiger partial charge is 0.233 e. The third-order valence-corrected chi connectivity index (χ3v) is 3.13. The highest BCUT2D eigenvalue weighted by Crippen LogP contribution is 2.14. The molecule has 0 aromatic heterocycles. The predicted molar refractivity (Wildman–Crippen MR) is 81.9 cm³/mol. The Morgan fingerprint density at radius 3 is 2.75 bits per heavy atom. The van der Waals surface area contributed by atoms with Gasteiger partial charge in [-0.05, 0) is 36.7 Å². The molecule has 3 N–H and O–H groups in total. The van der Waals surface area contributed by atoms with Crippen LogP contribution in [0.15, 0.2) is 18.2 Å². The number of carbonyl (C=O) groups excluding carboxylic acids is 1. The van der Waals surface area contributed by atoms with Crippen LogP contribution in [0.4, 0.5) is 4.39 Å². The molecule has 0 saturated carbocycles. The molecule has 1 aromatic carbocycles. The highest BCUT2D eigenvalue weighted by atomic mass is 32.1. The number of hydrogen-bond donors (Lipinski definition) is 2. The van der Waals surface area contributed by atoms with E-state index in [9.17, 15) is 9.18 Å². The molecule has 1 aromatic rings. The topological polar surface area (TPSA) is 58.4 Å². The quantitative estimate of drug-likeness (QED) is 0.747. The maximum atomic E-state index is 13.4. The Hall–Kier alpha value is -1.53. The summed E-state index contributed by atoms with van der Waals surface area (Å²) in [5.41, 5.74) is 7.01. The first-order valence-electron chi connectivity index (χ1n) is 6.49. The number of benzene rings is 1. The molecule has 1 rings (SSSR count). The van der Waals surface area contributed by atoms with Gasteiger partial charge >= 0.3 is 0 Å². The summed E-state index contributed by atoms with van der Waals surface area (Å²) in [5.74, 6) is -0.414. The first kappa shape index (κ1) is 16.5. The zero-order valence-corrected chi connectivity index (χ0v) is 12.6. The highest BCUT2D eigenvalue weighted by Gasteiger charge is 2.13. The monoisotopic (exact) mass is 297 g/mol. The maximum absolute atomic E-state index is 13.4.